The number of nitrogens with zero attached hydrogens (tertiary/aromatic N) is 1. The minimum Gasteiger partial charge on any atom is -0.399 e. The fourth-order valence-corrected chi connectivity index (χ4v) is 1.86. The minimum absolute atomic E-state index is 0.0158. The van der Waals surface area contributed by atoms with E-state index in [9.17, 15) is 9.59 Å². The zero-order valence-corrected chi connectivity index (χ0v) is 11.7. The second-order valence-corrected chi connectivity index (χ2v) is 4.70. The zero-order valence-electron chi connectivity index (χ0n) is 11.7. The number of nitrogens with two attached hydrogens (primary N) is 1. The molecule has 108 valence electrons. The number of para-hydroxylation sites is 1. The molecule has 0 bridgehead atoms. The number of hydrogen-bond donors (Lipinski definition) is 2. The summed E-state index contributed by atoms with van der Waals surface area (Å²) in [5, 5.41) is 2.74. The van der Waals surface area contributed by atoms with Gasteiger partial charge in [-0.2, -0.15) is 0 Å². The van der Waals surface area contributed by atoms with Gasteiger partial charge in [-0.25, -0.2) is 0 Å². The maximum atomic E-state index is 12.1. The van der Waals surface area contributed by atoms with Crippen LogP contribution in [0.5, 0.6) is 0 Å². The highest BCUT2D eigenvalue weighted by Gasteiger charge is 2.14. The molecule has 0 radical (unpaired) electrons. The van der Waals surface area contributed by atoms with Crippen LogP contribution in [-0.2, 0) is 4.79 Å². The number of benzene rings is 2. The molecule has 5 nitrogen and oxygen atoms in total. The van der Waals surface area contributed by atoms with Crippen LogP contribution in [-0.4, -0.2) is 30.3 Å². The summed E-state index contributed by atoms with van der Waals surface area (Å²) in [4.78, 5) is 25.4. The lowest BCUT2D eigenvalue weighted by atomic mass is 10.2. The van der Waals surface area contributed by atoms with E-state index in [0.717, 1.165) is 0 Å². The van der Waals surface area contributed by atoms with Gasteiger partial charge >= 0.3 is 0 Å². The van der Waals surface area contributed by atoms with Gasteiger partial charge in [0, 0.05) is 24.0 Å². The van der Waals surface area contributed by atoms with Crippen molar-refractivity contribution in [2.75, 3.05) is 24.6 Å². The van der Waals surface area contributed by atoms with Crippen molar-refractivity contribution in [1.29, 1.82) is 0 Å². The molecule has 0 spiro atoms. The summed E-state index contributed by atoms with van der Waals surface area (Å²) in [6.07, 6.45) is 0. The Balaban J connectivity index is 1.94. The van der Waals surface area contributed by atoms with Gasteiger partial charge in [0.05, 0.1) is 6.54 Å². The number of carbonyl (C=O) groups excluding carboxylic acids is 2. The fraction of sp³-hybridized carbons (Fsp3) is 0.125. The molecule has 0 aliphatic heterocycles. The van der Waals surface area contributed by atoms with Gasteiger partial charge in [0.2, 0.25) is 5.91 Å². The Labute approximate surface area is 123 Å². The fourth-order valence-electron chi connectivity index (χ4n) is 1.86. The highest BCUT2D eigenvalue weighted by Crippen LogP contribution is 2.09. The number of carbonyl (C=O) groups is 2. The van der Waals surface area contributed by atoms with E-state index in [4.69, 9.17) is 5.73 Å². The van der Waals surface area contributed by atoms with Crippen LogP contribution < -0.4 is 11.1 Å². The molecule has 2 aromatic carbocycles. The second-order valence-electron chi connectivity index (χ2n) is 4.70. The summed E-state index contributed by atoms with van der Waals surface area (Å²) in [7, 11) is 1.59. The van der Waals surface area contributed by atoms with Gasteiger partial charge in [0.1, 0.15) is 0 Å². The number of nitrogens with one attached hydrogen (secondary N) is 1. The summed E-state index contributed by atoms with van der Waals surface area (Å²) in [6, 6.07) is 15.7. The lowest BCUT2D eigenvalue weighted by Crippen LogP contribution is -2.34. The average molecular weight is 283 g/mol. The molecule has 5 heteroatoms. The molecule has 0 saturated carbocycles. The van der Waals surface area contributed by atoms with Gasteiger partial charge in [0.15, 0.2) is 0 Å². The molecule has 0 fully saturated rings. The minimum atomic E-state index is -0.243. The van der Waals surface area contributed by atoms with Crippen molar-refractivity contribution < 1.29 is 9.59 Å². The van der Waals surface area contributed by atoms with Crippen LogP contribution in [0, 0.1) is 0 Å². The Morgan fingerprint density at radius 1 is 1.05 bits per heavy atom. The molecule has 21 heavy (non-hydrogen) atoms. The van der Waals surface area contributed by atoms with E-state index in [1.54, 1.807) is 43.4 Å². The Hall–Kier alpha value is -2.82. The summed E-state index contributed by atoms with van der Waals surface area (Å²) in [5.41, 5.74) is 7.38. The van der Waals surface area contributed by atoms with E-state index >= 15 is 0 Å². The van der Waals surface area contributed by atoms with Crippen LogP contribution in [0.1, 0.15) is 10.4 Å². The smallest absolute Gasteiger partial charge is 0.254 e. The number of hydrogen-bond acceptors (Lipinski definition) is 3. The predicted molar refractivity (Wildman–Crippen MR) is 82.9 cm³/mol. The molecular formula is C16H17N3O2. The number of rotatable bonds is 4. The van der Waals surface area contributed by atoms with Gasteiger partial charge in [-0.1, -0.05) is 18.2 Å². The molecule has 2 aromatic rings. The summed E-state index contributed by atoms with van der Waals surface area (Å²) < 4.78 is 0. The molecule has 0 atom stereocenters. The Bertz CT molecular complexity index is 624. The highest BCUT2D eigenvalue weighted by atomic mass is 16.2. The first kappa shape index (κ1) is 14.6. The topological polar surface area (TPSA) is 75.4 Å². The van der Waals surface area contributed by atoms with Gasteiger partial charge in [-0.15, -0.1) is 0 Å². The Kier molecular flexibility index (Phi) is 4.56. The number of nitrogen functional groups attached to an aromatic ring is 1. The van der Waals surface area contributed by atoms with Crippen molar-refractivity contribution in [3.63, 3.8) is 0 Å². The van der Waals surface area contributed by atoms with Crippen LogP contribution in [0.4, 0.5) is 11.4 Å². The van der Waals surface area contributed by atoms with Crippen LogP contribution >= 0.6 is 0 Å². The van der Waals surface area contributed by atoms with Gasteiger partial charge in [-0.05, 0) is 36.4 Å². The predicted octanol–water partition coefficient (Wildman–Crippen LogP) is 1.98. The number of likely N-dealkylation sites (N-methyl/N-ethyl adjacent to an activating group) is 1. The molecule has 2 rings (SSSR count). The first-order valence-electron chi connectivity index (χ1n) is 6.52. The van der Waals surface area contributed by atoms with Crippen LogP contribution in [0.25, 0.3) is 0 Å². The molecule has 0 heterocycles. The first-order valence-corrected chi connectivity index (χ1v) is 6.52. The van der Waals surface area contributed by atoms with Crippen molar-refractivity contribution >= 4 is 23.2 Å². The molecule has 0 aliphatic carbocycles. The van der Waals surface area contributed by atoms with Crippen LogP contribution in [0.15, 0.2) is 54.6 Å². The van der Waals surface area contributed by atoms with Crippen molar-refractivity contribution in [1.82, 2.24) is 4.90 Å². The van der Waals surface area contributed by atoms with E-state index in [-0.39, 0.29) is 18.4 Å². The third-order valence-corrected chi connectivity index (χ3v) is 2.94. The quantitative estimate of drug-likeness (QED) is 0.842. The van der Waals surface area contributed by atoms with E-state index in [1.807, 2.05) is 18.2 Å². The average Bonchev–Trinajstić information content (AvgIpc) is 2.48. The maximum absolute atomic E-state index is 12.1. The SMILES string of the molecule is CN(CC(=O)Nc1ccccc1)C(=O)c1ccc(N)cc1. The molecule has 0 aliphatic rings. The van der Waals surface area contributed by atoms with Crippen molar-refractivity contribution in [3.8, 4) is 0 Å². The van der Waals surface area contributed by atoms with Crippen LogP contribution in [0.2, 0.25) is 0 Å². The van der Waals surface area contributed by atoms with E-state index in [2.05, 4.69) is 5.32 Å². The summed E-state index contributed by atoms with van der Waals surface area (Å²) in [5.74, 6) is -0.467. The molecule has 0 aromatic heterocycles. The summed E-state index contributed by atoms with van der Waals surface area (Å²) >= 11 is 0. The Morgan fingerprint density at radius 3 is 2.29 bits per heavy atom. The first-order chi connectivity index (χ1) is 10.1. The molecule has 0 unspecified atom stereocenters. The largest absolute Gasteiger partial charge is 0.399 e. The maximum Gasteiger partial charge on any atom is 0.254 e. The lowest BCUT2D eigenvalue weighted by molar-refractivity contribution is -0.116. The lowest BCUT2D eigenvalue weighted by Gasteiger charge is -2.17. The second kappa shape index (κ2) is 6.56. The third kappa shape index (κ3) is 4.07. The summed E-state index contributed by atoms with van der Waals surface area (Å²) in [6.45, 7) is -0.0158. The van der Waals surface area contributed by atoms with Crippen LogP contribution in [0.3, 0.4) is 0 Å². The Morgan fingerprint density at radius 2 is 1.67 bits per heavy atom. The highest BCUT2D eigenvalue weighted by molar-refractivity contribution is 5.99. The standard InChI is InChI=1S/C16H17N3O2/c1-19(16(21)12-7-9-13(17)10-8-12)11-15(20)18-14-5-3-2-4-6-14/h2-10H,11,17H2,1H3,(H,18,20). The monoisotopic (exact) mass is 283 g/mol. The normalized spacial score (nSPS) is 9.95. The number of anilines is 2. The third-order valence-electron chi connectivity index (χ3n) is 2.94. The van der Waals surface area contributed by atoms with Crippen molar-refractivity contribution in [2.45, 2.75) is 0 Å². The number of amides is 2. The van der Waals surface area contributed by atoms with E-state index in [0.29, 0.717) is 16.9 Å². The molecule has 0 saturated heterocycles. The van der Waals surface area contributed by atoms with Gasteiger partial charge < -0.3 is 16.0 Å². The molecule has 2 amide bonds. The zero-order chi connectivity index (χ0) is 15.2. The van der Waals surface area contributed by atoms with E-state index in [1.165, 1.54) is 4.90 Å². The van der Waals surface area contributed by atoms with Crippen molar-refractivity contribution in [2.24, 2.45) is 0 Å². The van der Waals surface area contributed by atoms with Gasteiger partial charge in [-0.3, -0.25) is 9.59 Å². The van der Waals surface area contributed by atoms with E-state index < -0.39 is 0 Å². The van der Waals surface area contributed by atoms with Gasteiger partial charge in [0.25, 0.3) is 5.91 Å². The molecule has 3 N–H and O–H groups in total. The van der Waals surface area contributed by atoms with Crippen molar-refractivity contribution in [3.05, 3.63) is 60.2 Å². The molecular weight excluding hydrogens is 266 g/mol.